The molecule has 0 saturated carbocycles. The lowest BCUT2D eigenvalue weighted by molar-refractivity contribution is 0.554. The lowest BCUT2D eigenvalue weighted by Crippen LogP contribution is -1.73. The fourth-order valence-corrected chi connectivity index (χ4v) is 1.02. The summed E-state index contributed by atoms with van der Waals surface area (Å²) in [6.07, 6.45) is 7.44. The van der Waals surface area contributed by atoms with Crippen molar-refractivity contribution in [3.05, 3.63) is 35.8 Å². The lowest BCUT2D eigenvalue weighted by atomic mass is 10.1. The second-order valence-electron chi connectivity index (χ2n) is 2.40. The van der Waals surface area contributed by atoms with Gasteiger partial charge >= 0.3 is 0 Å². The summed E-state index contributed by atoms with van der Waals surface area (Å²) in [4.78, 5) is 0. The summed E-state index contributed by atoms with van der Waals surface area (Å²) in [5.74, 6) is 0.889. The molecular formula is C10H12O. The molecule has 1 heteroatoms. The van der Waals surface area contributed by atoms with E-state index in [1.54, 1.807) is 6.26 Å². The molecule has 0 atom stereocenters. The summed E-state index contributed by atoms with van der Waals surface area (Å²) in [7, 11) is 0. The second kappa shape index (κ2) is 3.24. The van der Waals surface area contributed by atoms with Crippen molar-refractivity contribution in [2.75, 3.05) is 0 Å². The molecule has 1 rings (SSSR count). The Morgan fingerprint density at radius 2 is 2.27 bits per heavy atom. The van der Waals surface area contributed by atoms with Gasteiger partial charge in [0.15, 0.2) is 0 Å². The topological polar surface area (TPSA) is 13.1 Å². The third-order valence-electron chi connectivity index (χ3n) is 1.58. The van der Waals surface area contributed by atoms with Gasteiger partial charge < -0.3 is 4.42 Å². The van der Waals surface area contributed by atoms with Gasteiger partial charge in [0, 0.05) is 5.56 Å². The molecule has 58 valence electrons. The summed E-state index contributed by atoms with van der Waals surface area (Å²) >= 11 is 0. The summed E-state index contributed by atoms with van der Waals surface area (Å²) in [5, 5.41) is 0. The zero-order valence-electron chi connectivity index (χ0n) is 6.92. The van der Waals surface area contributed by atoms with Crippen LogP contribution < -0.4 is 0 Å². The van der Waals surface area contributed by atoms with E-state index in [1.165, 1.54) is 0 Å². The molecule has 0 aliphatic heterocycles. The smallest absolute Gasteiger partial charge is 0.133 e. The normalized spacial score (nSPS) is 10.7. The minimum absolute atomic E-state index is 0.889. The van der Waals surface area contributed by atoms with Crippen molar-refractivity contribution in [2.45, 2.75) is 13.8 Å². The average molecular weight is 148 g/mol. The predicted molar refractivity (Wildman–Crippen MR) is 48.2 cm³/mol. The van der Waals surface area contributed by atoms with Gasteiger partial charge in [-0.25, -0.2) is 0 Å². The minimum atomic E-state index is 0.889. The molecule has 0 saturated heterocycles. The van der Waals surface area contributed by atoms with Crippen LogP contribution in [0.3, 0.4) is 0 Å². The number of allylic oxidation sites excluding steroid dienone is 1. The quantitative estimate of drug-likeness (QED) is 0.627. The van der Waals surface area contributed by atoms with E-state index >= 15 is 0 Å². The maximum Gasteiger partial charge on any atom is 0.133 e. The Labute approximate surface area is 67.0 Å². The van der Waals surface area contributed by atoms with E-state index in [2.05, 4.69) is 6.58 Å². The molecule has 1 aromatic rings. The highest BCUT2D eigenvalue weighted by atomic mass is 16.3. The Kier molecular flexibility index (Phi) is 2.32. The Morgan fingerprint density at radius 3 is 2.82 bits per heavy atom. The Morgan fingerprint density at radius 1 is 1.55 bits per heavy atom. The first kappa shape index (κ1) is 7.86. The SMILES string of the molecule is C=Cc1c(C)coc1/C=C\C. The van der Waals surface area contributed by atoms with E-state index in [-0.39, 0.29) is 0 Å². The summed E-state index contributed by atoms with van der Waals surface area (Å²) in [5.41, 5.74) is 2.22. The molecule has 0 radical (unpaired) electrons. The summed E-state index contributed by atoms with van der Waals surface area (Å²) in [6.45, 7) is 7.68. The van der Waals surface area contributed by atoms with Gasteiger partial charge in [-0.3, -0.25) is 0 Å². The van der Waals surface area contributed by atoms with E-state index in [1.807, 2.05) is 32.1 Å². The third kappa shape index (κ3) is 1.43. The van der Waals surface area contributed by atoms with Gasteiger partial charge in [0.05, 0.1) is 6.26 Å². The average Bonchev–Trinajstić information content (AvgIpc) is 2.33. The fourth-order valence-electron chi connectivity index (χ4n) is 1.02. The van der Waals surface area contributed by atoms with Crippen LogP contribution in [0.2, 0.25) is 0 Å². The molecule has 0 spiro atoms. The van der Waals surface area contributed by atoms with Crippen LogP contribution in [-0.2, 0) is 0 Å². The van der Waals surface area contributed by atoms with E-state index < -0.39 is 0 Å². The molecule has 0 fully saturated rings. The van der Waals surface area contributed by atoms with Gasteiger partial charge in [-0.1, -0.05) is 18.7 Å². The standard InChI is InChI=1S/C10H12O/c1-4-6-10-9(5-2)8(3)7-11-10/h4-7H,2H2,1,3H3/b6-4-. The molecule has 0 aliphatic rings. The van der Waals surface area contributed by atoms with E-state index in [9.17, 15) is 0 Å². The number of aryl methyl sites for hydroxylation is 1. The molecule has 0 N–H and O–H groups in total. The van der Waals surface area contributed by atoms with Crippen LogP contribution in [0.1, 0.15) is 23.8 Å². The maximum absolute atomic E-state index is 5.27. The molecule has 1 heterocycles. The molecule has 0 amide bonds. The maximum atomic E-state index is 5.27. The fraction of sp³-hybridized carbons (Fsp3) is 0.200. The minimum Gasteiger partial charge on any atom is -0.464 e. The van der Waals surface area contributed by atoms with Crippen LogP contribution in [0.4, 0.5) is 0 Å². The van der Waals surface area contributed by atoms with Crippen molar-refractivity contribution in [2.24, 2.45) is 0 Å². The number of rotatable bonds is 2. The highest BCUT2D eigenvalue weighted by Gasteiger charge is 2.02. The molecule has 0 unspecified atom stereocenters. The van der Waals surface area contributed by atoms with Gasteiger partial charge in [-0.15, -0.1) is 0 Å². The van der Waals surface area contributed by atoms with E-state index in [0.29, 0.717) is 0 Å². The molecule has 0 aliphatic carbocycles. The summed E-state index contributed by atoms with van der Waals surface area (Å²) < 4.78 is 5.27. The molecule has 0 aromatic carbocycles. The highest BCUT2D eigenvalue weighted by molar-refractivity contribution is 5.62. The van der Waals surface area contributed by atoms with Gasteiger partial charge in [-0.05, 0) is 25.5 Å². The number of hydrogen-bond acceptors (Lipinski definition) is 1. The van der Waals surface area contributed by atoms with E-state index in [0.717, 1.165) is 16.9 Å². The van der Waals surface area contributed by atoms with Gasteiger partial charge in [0.25, 0.3) is 0 Å². The van der Waals surface area contributed by atoms with Crippen LogP contribution in [0.5, 0.6) is 0 Å². The van der Waals surface area contributed by atoms with Crippen molar-refractivity contribution in [3.8, 4) is 0 Å². The molecular weight excluding hydrogens is 136 g/mol. The Hall–Kier alpha value is -1.24. The number of furan rings is 1. The largest absolute Gasteiger partial charge is 0.464 e. The second-order valence-corrected chi connectivity index (χ2v) is 2.40. The Bertz CT molecular complexity index is 279. The van der Waals surface area contributed by atoms with Crippen LogP contribution in [0.25, 0.3) is 12.2 Å². The highest BCUT2D eigenvalue weighted by Crippen LogP contribution is 2.18. The van der Waals surface area contributed by atoms with Crippen molar-refractivity contribution in [3.63, 3.8) is 0 Å². The third-order valence-corrected chi connectivity index (χ3v) is 1.58. The van der Waals surface area contributed by atoms with Crippen LogP contribution in [0, 0.1) is 6.92 Å². The molecule has 0 bridgehead atoms. The van der Waals surface area contributed by atoms with Crippen molar-refractivity contribution in [1.29, 1.82) is 0 Å². The van der Waals surface area contributed by atoms with E-state index in [4.69, 9.17) is 4.42 Å². The Balaban J connectivity index is 3.15. The predicted octanol–water partition coefficient (Wildman–Crippen LogP) is 3.26. The zero-order chi connectivity index (χ0) is 8.27. The first-order valence-corrected chi connectivity index (χ1v) is 3.62. The zero-order valence-corrected chi connectivity index (χ0v) is 6.92. The van der Waals surface area contributed by atoms with Crippen LogP contribution in [0.15, 0.2) is 23.3 Å². The van der Waals surface area contributed by atoms with Gasteiger partial charge in [0.2, 0.25) is 0 Å². The van der Waals surface area contributed by atoms with Crippen molar-refractivity contribution in [1.82, 2.24) is 0 Å². The monoisotopic (exact) mass is 148 g/mol. The van der Waals surface area contributed by atoms with Crippen molar-refractivity contribution >= 4 is 12.2 Å². The van der Waals surface area contributed by atoms with Gasteiger partial charge in [-0.2, -0.15) is 0 Å². The molecule has 11 heavy (non-hydrogen) atoms. The molecule has 1 nitrogen and oxygen atoms in total. The van der Waals surface area contributed by atoms with Crippen molar-refractivity contribution < 1.29 is 4.42 Å². The van der Waals surface area contributed by atoms with Gasteiger partial charge in [0.1, 0.15) is 5.76 Å². The van der Waals surface area contributed by atoms with Crippen LogP contribution in [-0.4, -0.2) is 0 Å². The molecule has 1 aromatic heterocycles. The first-order chi connectivity index (χ1) is 5.29. The first-order valence-electron chi connectivity index (χ1n) is 3.62. The summed E-state index contributed by atoms with van der Waals surface area (Å²) in [6, 6.07) is 0. The lowest BCUT2D eigenvalue weighted by Gasteiger charge is -1.89. The van der Waals surface area contributed by atoms with Crippen LogP contribution >= 0.6 is 0 Å². The number of hydrogen-bond donors (Lipinski definition) is 0.